The maximum atomic E-state index is 11.2. The monoisotopic (exact) mass is 284 g/mol. The molecule has 0 atom stereocenters. The van der Waals surface area contributed by atoms with Crippen molar-refractivity contribution in [3.63, 3.8) is 0 Å². The molecule has 2 aromatic carbocycles. The van der Waals surface area contributed by atoms with Crippen LogP contribution in [0.1, 0.15) is 22.8 Å². The van der Waals surface area contributed by atoms with Crippen LogP contribution in [0.3, 0.4) is 0 Å². The van der Waals surface area contributed by atoms with Crippen LogP contribution in [0.4, 0.5) is 11.4 Å². The maximum absolute atomic E-state index is 11.2. The lowest BCUT2D eigenvalue weighted by Gasteiger charge is -2.11. The lowest BCUT2D eigenvalue weighted by atomic mass is 10.1. The van der Waals surface area contributed by atoms with Gasteiger partial charge in [-0.1, -0.05) is 17.7 Å². The summed E-state index contributed by atoms with van der Waals surface area (Å²) in [5, 5.41) is 6.71. The molecule has 0 aliphatic rings. The van der Waals surface area contributed by atoms with Crippen LogP contribution < -0.4 is 10.6 Å². The zero-order chi connectivity index (χ0) is 14.5. The molecule has 2 aromatic rings. The van der Waals surface area contributed by atoms with Crippen LogP contribution in [-0.4, -0.2) is 10.9 Å². The Kier molecular flexibility index (Phi) is 4.48. The molecule has 0 aromatic heterocycles. The van der Waals surface area contributed by atoms with Crippen LogP contribution in [-0.2, 0) is 0 Å². The first-order valence-corrected chi connectivity index (χ1v) is 6.71. The van der Waals surface area contributed by atoms with Gasteiger partial charge in [0.2, 0.25) is 0 Å². The fraction of sp³-hybridized carbons (Fsp3) is 0.125. The second-order valence-electron chi connectivity index (χ2n) is 4.58. The summed E-state index contributed by atoms with van der Waals surface area (Å²) in [4.78, 5) is 11.2. The van der Waals surface area contributed by atoms with E-state index in [0.717, 1.165) is 11.4 Å². The molecule has 0 amide bonds. The van der Waals surface area contributed by atoms with Crippen molar-refractivity contribution in [1.82, 2.24) is 0 Å². The molecular weight excluding hydrogens is 268 g/mol. The zero-order valence-electron chi connectivity index (χ0n) is 11.4. The van der Waals surface area contributed by atoms with Gasteiger partial charge >= 0.3 is 0 Å². The number of ketones is 1. The van der Waals surface area contributed by atoms with Crippen LogP contribution in [0.5, 0.6) is 0 Å². The molecule has 0 aliphatic heterocycles. The van der Waals surface area contributed by atoms with Crippen molar-refractivity contribution in [2.75, 3.05) is 10.6 Å². The molecule has 4 heteroatoms. The summed E-state index contributed by atoms with van der Waals surface area (Å²) in [6, 6.07) is 15.2. The zero-order valence-corrected chi connectivity index (χ0v) is 12.3. The lowest BCUT2D eigenvalue weighted by molar-refractivity contribution is 0.101. The molecule has 0 heterocycles. The van der Waals surface area contributed by atoms with Crippen molar-refractivity contribution in [3.05, 3.63) is 59.7 Å². The Morgan fingerprint density at radius 3 is 1.80 bits per heavy atom. The smallest absolute Gasteiger partial charge is 0.175 e. The highest BCUT2D eigenvalue weighted by Gasteiger charge is 2.01. The van der Waals surface area contributed by atoms with Gasteiger partial charge < -0.3 is 10.6 Å². The molecule has 2 N–H and O–H groups in total. The summed E-state index contributed by atoms with van der Waals surface area (Å²) in [6.07, 6.45) is 0. The summed E-state index contributed by atoms with van der Waals surface area (Å²) in [5.41, 5.74) is 3.68. The Balaban J connectivity index is 1.97. The van der Waals surface area contributed by atoms with Gasteiger partial charge in [0.15, 0.2) is 10.9 Å². The van der Waals surface area contributed by atoms with Gasteiger partial charge in [-0.05, 0) is 62.5 Å². The molecule has 2 rings (SSSR count). The van der Waals surface area contributed by atoms with Crippen LogP contribution in [0.2, 0.25) is 0 Å². The van der Waals surface area contributed by atoms with E-state index in [2.05, 4.69) is 10.6 Å². The molecule has 0 unspecified atom stereocenters. The van der Waals surface area contributed by atoms with E-state index in [1.54, 1.807) is 19.1 Å². The standard InChI is InChI=1S/C16H16N2OS/c1-11-3-7-14(8-4-11)17-16(20)18-15-9-5-13(6-10-15)12(2)19/h3-10H,1-2H3,(H2,17,18,20). The highest BCUT2D eigenvalue weighted by Crippen LogP contribution is 2.12. The third kappa shape index (κ3) is 3.90. The van der Waals surface area contributed by atoms with Crippen molar-refractivity contribution < 1.29 is 4.79 Å². The number of carbonyl (C=O) groups excluding carboxylic acids is 1. The molecule has 0 spiro atoms. The number of nitrogens with one attached hydrogen (secondary N) is 2. The number of rotatable bonds is 3. The lowest BCUT2D eigenvalue weighted by Crippen LogP contribution is -2.19. The highest BCUT2D eigenvalue weighted by atomic mass is 32.1. The number of hydrogen-bond donors (Lipinski definition) is 2. The number of aryl methyl sites for hydroxylation is 1. The number of anilines is 2. The predicted octanol–water partition coefficient (Wildman–Crippen LogP) is 4.01. The van der Waals surface area contributed by atoms with Gasteiger partial charge in [0.05, 0.1) is 0 Å². The van der Waals surface area contributed by atoms with Crippen molar-refractivity contribution in [3.8, 4) is 0 Å². The molecule has 0 aliphatic carbocycles. The first kappa shape index (κ1) is 14.2. The Bertz CT molecular complexity index is 618. The van der Waals surface area contributed by atoms with Crippen LogP contribution in [0, 0.1) is 6.92 Å². The van der Waals surface area contributed by atoms with Crippen molar-refractivity contribution in [1.29, 1.82) is 0 Å². The van der Waals surface area contributed by atoms with Gasteiger partial charge in [-0.25, -0.2) is 0 Å². The summed E-state index contributed by atoms with van der Waals surface area (Å²) in [7, 11) is 0. The summed E-state index contributed by atoms with van der Waals surface area (Å²) in [6.45, 7) is 3.59. The topological polar surface area (TPSA) is 41.1 Å². The van der Waals surface area contributed by atoms with Gasteiger partial charge in [-0.2, -0.15) is 0 Å². The van der Waals surface area contributed by atoms with E-state index in [1.807, 2.05) is 43.3 Å². The average Bonchev–Trinajstić information content (AvgIpc) is 2.42. The SMILES string of the molecule is CC(=O)c1ccc(NC(=S)Nc2ccc(C)cc2)cc1. The third-order valence-corrected chi connectivity index (χ3v) is 3.06. The molecule has 3 nitrogen and oxygen atoms in total. The quantitative estimate of drug-likeness (QED) is 0.660. The molecule has 0 saturated carbocycles. The van der Waals surface area contributed by atoms with E-state index < -0.39 is 0 Å². The van der Waals surface area contributed by atoms with Crippen molar-refractivity contribution >= 4 is 34.5 Å². The number of benzene rings is 2. The van der Waals surface area contributed by atoms with Gasteiger partial charge in [-0.3, -0.25) is 4.79 Å². The minimum atomic E-state index is 0.0527. The number of carbonyl (C=O) groups is 1. The van der Waals surface area contributed by atoms with Gasteiger partial charge in [-0.15, -0.1) is 0 Å². The first-order valence-electron chi connectivity index (χ1n) is 6.30. The van der Waals surface area contributed by atoms with Gasteiger partial charge in [0, 0.05) is 16.9 Å². The molecular formula is C16H16N2OS. The minimum absolute atomic E-state index is 0.0527. The third-order valence-electron chi connectivity index (χ3n) is 2.86. The van der Waals surface area contributed by atoms with Crippen LogP contribution in [0.15, 0.2) is 48.5 Å². The van der Waals surface area contributed by atoms with E-state index in [9.17, 15) is 4.79 Å². The first-order chi connectivity index (χ1) is 9.54. The Morgan fingerprint density at radius 1 is 0.900 bits per heavy atom. The molecule has 102 valence electrons. The Morgan fingerprint density at radius 2 is 1.35 bits per heavy atom. The molecule has 0 saturated heterocycles. The van der Waals surface area contributed by atoms with Crippen LogP contribution >= 0.6 is 12.2 Å². The largest absolute Gasteiger partial charge is 0.332 e. The summed E-state index contributed by atoms with van der Waals surface area (Å²) in [5.74, 6) is 0.0527. The van der Waals surface area contributed by atoms with Crippen molar-refractivity contribution in [2.24, 2.45) is 0 Å². The molecule has 0 fully saturated rings. The number of Topliss-reactive ketones (excluding diaryl/α,β-unsaturated/α-hetero) is 1. The fourth-order valence-electron chi connectivity index (χ4n) is 1.72. The number of hydrogen-bond acceptors (Lipinski definition) is 2. The average molecular weight is 284 g/mol. The second kappa shape index (κ2) is 6.30. The normalized spacial score (nSPS) is 9.90. The highest BCUT2D eigenvalue weighted by molar-refractivity contribution is 7.80. The minimum Gasteiger partial charge on any atom is -0.332 e. The maximum Gasteiger partial charge on any atom is 0.175 e. The van der Waals surface area contributed by atoms with Crippen molar-refractivity contribution in [2.45, 2.75) is 13.8 Å². The van der Waals surface area contributed by atoms with E-state index in [0.29, 0.717) is 10.7 Å². The predicted molar refractivity (Wildman–Crippen MR) is 87.5 cm³/mol. The van der Waals surface area contributed by atoms with E-state index in [1.165, 1.54) is 5.56 Å². The van der Waals surface area contributed by atoms with Gasteiger partial charge in [0.25, 0.3) is 0 Å². The summed E-state index contributed by atoms with van der Waals surface area (Å²) >= 11 is 5.25. The Labute approximate surface area is 124 Å². The second-order valence-corrected chi connectivity index (χ2v) is 4.99. The van der Waals surface area contributed by atoms with Crippen LogP contribution in [0.25, 0.3) is 0 Å². The molecule has 0 radical (unpaired) electrons. The molecule has 0 bridgehead atoms. The summed E-state index contributed by atoms with van der Waals surface area (Å²) < 4.78 is 0. The molecule has 20 heavy (non-hydrogen) atoms. The number of thiocarbonyl (C=S) groups is 1. The van der Waals surface area contributed by atoms with Gasteiger partial charge in [0.1, 0.15) is 0 Å². The van der Waals surface area contributed by atoms with E-state index in [-0.39, 0.29) is 5.78 Å². The Hall–Kier alpha value is -2.20. The van der Waals surface area contributed by atoms with E-state index >= 15 is 0 Å². The van der Waals surface area contributed by atoms with E-state index in [4.69, 9.17) is 12.2 Å². The fourth-order valence-corrected chi connectivity index (χ4v) is 1.95.